The minimum absolute atomic E-state index is 0.0292. The molecule has 0 aliphatic carbocycles. The van der Waals surface area contributed by atoms with E-state index >= 15 is 0 Å². The Kier molecular flexibility index (Phi) is 4.58. The summed E-state index contributed by atoms with van der Waals surface area (Å²) in [7, 11) is 0. The predicted molar refractivity (Wildman–Crippen MR) is 76.1 cm³/mol. The van der Waals surface area contributed by atoms with Crippen molar-refractivity contribution in [2.24, 2.45) is 0 Å². The van der Waals surface area contributed by atoms with Crippen molar-refractivity contribution in [2.45, 2.75) is 26.3 Å². The molecule has 102 valence electrons. The van der Waals surface area contributed by atoms with Crippen molar-refractivity contribution < 1.29 is 9.21 Å². The molecule has 0 bridgehead atoms. The Hall–Kier alpha value is -1.81. The first-order valence-corrected chi connectivity index (χ1v) is 6.62. The first kappa shape index (κ1) is 13.6. The summed E-state index contributed by atoms with van der Waals surface area (Å²) in [5.74, 6) is 0.0292. The maximum Gasteiger partial charge on any atom is 0.233 e. The summed E-state index contributed by atoms with van der Waals surface area (Å²) in [5.41, 5.74) is 2.03. The summed E-state index contributed by atoms with van der Waals surface area (Å²) in [5, 5.41) is 7.11. The van der Waals surface area contributed by atoms with Gasteiger partial charge in [0.2, 0.25) is 5.91 Å². The molecule has 0 aliphatic rings. The van der Waals surface area contributed by atoms with E-state index in [9.17, 15) is 4.79 Å². The number of benzene rings is 1. The van der Waals surface area contributed by atoms with E-state index in [1.54, 1.807) is 6.26 Å². The van der Waals surface area contributed by atoms with Crippen molar-refractivity contribution in [3.63, 3.8) is 0 Å². The van der Waals surface area contributed by atoms with Crippen molar-refractivity contribution >= 4 is 16.9 Å². The number of furan rings is 1. The van der Waals surface area contributed by atoms with Gasteiger partial charge in [0.15, 0.2) is 0 Å². The molecular weight excluding hydrogens is 240 g/mol. The Morgan fingerprint density at radius 3 is 2.89 bits per heavy atom. The largest absolute Gasteiger partial charge is 0.464 e. The van der Waals surface area contributed by atoms with Gasteiger partial charge in [-0.3, -0.25) is 4.79 Å². The minimum Gasteiger partial charge on any atom is -0.464 e. The lowest BCUT2D eigenvalue weighted by Crippen LogP contribution is -2.37. The molecule has 1 heterocycles. The van der Waals surface area contributed by atoms with Crippen LogP contribution < -0.4 is 10.6 Å². The van der Waals surface area contributed by atoms with Crippen LogP contribution in [0.4, 0.5) is 0 Å². The molecule has 1 aromatic carbocycles. The Bertz CT molecular complexity index is 546. The fourth-order valence-electron chi connectivity index (χ4n) is 1.92. The van der Waals surface area contributed by atoms with Gasteiger partial charge in [0, 0.05) is 18.0 Å². The van der Waals surface area contributed by atoms with Crippen LogP contribution in [-0.4, -0.2) is 25.0 Å². The molecule has 2 rings (SSSR count). The van der Waals surface area contributed by atoms with Gasteiger partial charge in [-0.25, -0.2) is 0 Å². The molecule has 0 unspecified atom stereocenters. The van der Waals surface area contributed by atoms with Crippen LogP contribution in [0.2, 0.25) is 0 Å². The van der Waals surface area contributed by atoms with E-state index in [2.05, 4.69) is 10.6 Å². The number of para-hydroxylation sites is 1. The van der Waals surface area contributed by atoms with Gasteiger partial charge < -0.3 is 15.1 Å². The van der Waals surface area contributed by atoms with E-state index < -0.39 is 0 Å². The Balaban J connectivity index is 1.81. The Morgan fingerprint density at radius 1 is 1.32 bits per heavy atom. The van der Waals surface area contributed by atoms with Crippen LogP contribution in [-0.2, 0) is 11.2 Å². The van der Waals surface area contributed by atoms with Crippen LogP contribution in [0.5, 0.6) is 0 Å². The van der Waals surface area contributed by atoms with Gasteiger partial charge in [0.1, 0.15) is 5.58 Å². The summed E-state index contributed by atoms with van der Waals surface area (Å²) in [6, 6.07) is 8.26. The van der Waals surface area contributed by atoms with Gasteiger partial charge in [-0.05, 0) is 18.1 Å². The van der Waals surface area contributed by atoms with Crippen LogP contribution in [0.25, 0.3) is 11.0 Å². The SMILES string of the molecule is CC(C)NCC(=O)NCCc1coc2ccccc12. The fourth-order valence-corrected chi connectivity index (χ4v) is 1.92. The van der Waals surface area contributed by atoms with E-state index in [1.165, 1.54) is 0 Å². The second-order valence-electron chi connectivity index (χ2n) is 4.89. The maximum atomic E-state index is 11.5. The number of nitrogens with one attached hydrogen (secondary N) is 2. The number of hydrogen-bond donors (Lipinski definition) is 2. The molecule has 1 aromatic heterocycles. The van der Waals surface area contributed by atoms with E-state index in [1.807, 2.05) is 38.1 Å². The first-order chi connectivity index (χ1) is 9.16. The molecule has 0 fully saturated rings. The number of carbonyl (C=O) groups is 1. The quantitative estimate of drug-likeness (QED) is 0.836. The zero-order valence-corrected chi connectivity index (χ0v) is 11.4. The summed E-state index contributed by atoms with van der Waals surface area (Å²) in [4.78, 5) is 11.5. The molecule has 0 saturated carbocycles. The standard InChI is InChI=1S/C15H20N2O2/c1-11(2)17-9-15(18)16-8-7-12-10-19-14-6-4-3-5-13(12)14/h3-6,10-11,17H,7-9H2,1-2H3,(H,16,18). The average molecular weight is 260 g/mol. The highest BCUT2D eigenvalue weighted by atomic mass is 16.3. The summed E-state index contributed by atoms with van der Waals surface area (Å²) in [6.07, 6.45) is 2.55. The highest BCUT2D eigenvalue weighted by Crippen LogP contribution is 2.20. The first-order valence-electron chi connectivity index (χ1n) is 6.62. The molecule has 0 spiro atoms. The summed E-state index contributed by atoms with van der Waals surface area (Å²) >= 11 is 0. The van der Waals surface area contributed by atoms with Crippen molar-refractivity contribution in [1.29, 1.82) is 0 Å². The normalized spacial score (nSPS) is 11.1. The Labute approximate surface area is 113 Å². The highest BCUT2D eigenvalue weighted by Gasteiger charge is 2.06. The molecule has 2 aromatic rings. The monoisotopic (exact) mass is 260 g/mol. The molecule has 19 heavy (non-hydrogen) atoms. The molecule has 2 N–H and O–H groups in total. The highest BCUT2D eigenvalue weighted by molar-refractivity contribution is 5.81. The number of amides is 1. The van der Waals surface area contributed by atoms with E-state index in [0.717, 1.165) is 23.0 Å². The molecule has 0 saturated heterocycles. The van der Waals surface area contributed by atoms with Crippen LogP contribution in [0.3, 0.4) is 0 Å². The van der Waals surface area contributed by atoms with Crippen molar-refractivity contribution in [2.75, 3.05) is 13.1 Å². The molecule has 4 nitrogen and oxygen atoms in total. The van der Waals surface area contributed by atoms with Crippen molar-refractivity contribution in [1.82, 2.24) is 10.6 Å². The topological polar surface area (TPSA) is 54.3 Å². The van der Waals surface area contributed by atoms with Gasteiger partial charge >= 0.3 is 0 Å². The fraction of sp³-hybridized carbons (Fsp3) is 0.400. The summed E-state index contributed by atoms with van der Waals surface area (Å²) in [6.45, 7) is 5.03. The van der Waals surface area contributed by atoms with Crippen LogP contribution >= 0.6 is 0 Å². The molecule has 0 aliphatic heterocycles. The zero-order chi connectivity index (χ0) is 13.7. The van der Waals surface area contributed by atoms with Crippen LogP contribution in [0.15, 0.2) is 34.9 Å². The van der Waals surface area contributed by atoms with Gasteiger partial charge in [0.25, 0.3) is 0 Å². The van der Waals surface area contributed by atoms with Crippen LogP contribution in [0.1, 0.15) is 19.4 Å². The second kappa shape index (κ2) is 6.38. The van der Waals surface area contributed by atoms with Gasteiger partial charge in [-0.15, -0.1) is 0 Å². The third-order valence-electron chi connectivity index (χ3n) is 2.95. The number of carbonyl (C=O) groups excluding carboxylic acids is 1. The van der Waals surface area contributed by atoms with E-state index in [0.29, 0.717) is 19.1 Å². The van der Waals surface area contributed by atoms with Crippen LogP contribution in [0, 0.1) is 0 Å². The third-order valence-corrected chi connectivity index (χ3v) is 2.95. The zero-order valence-electron chi connectivity index (χ0n) is 11.4. The molecule has 1 amide bonds. The Morgan fingerprint density at radius 2 is 2.11 bits per heavy atom. The van der Waals surface area contributed by atoms with Crippen molar-refractivity contribution in [3.05, 3.63) is 36.1 Å². The van der Waals surface area contributed by atoms with Gasteiger partial charge in [-0.2, -0.15) is 0 Å². The van der Waals surface area contributed by atoms with E-state index in [4.69, 9.17) is 4.42 Å². The number of fused-ring (bicyclic) bond motifs is 1. The lowest BCUT2D eigenvalue weighted by molar-refractivity contribution is -0.120. The lowest BCUT2D eigenvalue weighted by atomic mass is 10.1. The summed E-state index contributed by atoms with van der Waals surface area (Å²) < 4.78 is 5.46. The predicted octanol–water partition coefficient (Wildman–Crippen LogP) is 2.09. The minimum atomic E-state index is 0.0292. The second-order valence-corrected chi connectivity index (χ2v) is 4.89. The molecule has 0 radical (unpaired) electrons. The molecule has 0 atom stereocenters. The van der Waals surface area contributed by atoms with Gasteiger partial charge in [0.05, 0.1) is 12.8 Å². The van der Waals surface area contributed by atoms with Crippen molar-refractivity contribution in [3.8, 4) is 0 Å². The third kappa shape index (κ3) is 3.83. The number of hydrogen-bond acceptors (Lipinski definition) is 3. The van der Waals surface area contributed by atoms with E-state index in [-0.39, 0.29) is 5.91 Å². The average Bonchev–Trinajstić information content (AvgIpc) is 2.80. The molecule has 4 heteroatoms. The van der Waals surface area contributed by atoms with Gasteiger partial charge in [-0.1, -0.05) is 32.0 Å². The molecular formula is C15H20N2O2. The smallest absolute Gasteiger partial charge is 0.233 e. The lowest BCUT2D eigenvalue weighted by Gasteiger charge is -2.08. The maximum absolute atomic E-state index is 11.5. The number of rotatable bonds is 6.